The Bertz CT molecular complexity index is 774. The first-order valence-electron chi connectivity index (χ1n) is 7.32. The van der Waals surface area contributed by atoms with Crippen molar-refractivity contribution >= 4 is 11.9 Å². The summed E-state index contributed by atoms with van der Waals surface area (Å²) in [5, 5.41) is 2.65. The van der Waals surface area contributed by atoms with Crippen molar-refractivity contribution in [1.82, 2.24) is 5.32 Å². The third kappa shape index (κ3) is 2.95. The smallest absolute Gasteiger partial charge is 0.339 e. The molecule has 0 bridgehead atoms. The van der Waals surface area contributed by atoms with Gasteiger partial charge in [0.05, 0.1) is 5.56 Å². The van der Waals surface area contributed by atoms with E-state index in [4.69, 9.17) is 4.74 Å². The SMILES string of the molecule is C[C@@]1(C(=O)NCc2ccccc2F)Cc2ccccc2C(=O)O1. The summed E-state index contributed by atoms with van der Waals surface area (Å²) >= 11 is 0. The number of halogens is 1. The van der Waals surface area contributed by atoms with Gasteiger partial charge in [-0.2, -0.15) is 0 Å². The van der Waals surface area contributed by atoms with E-state index in [-0.39, 0.29) is 18.8 Å². The van der Waals surface area contributed by atoms with Gasteiger partial charge in [0.1, 0.15) is 5.82 Å². The second kappa shape index (κ2) is 5.83. The number of rotatable bonds is 3. The molecule has 0 unspecified atom stereocenters. The van der Waals surface area contributed by atoms with E-state index in [2.05, 4.69) is 5.32 Å². The van der Waals surface area contributed by atoms with Crippen molar-refractivity contribution in [2.24, 2.45) is 0 Å². The molecule has 3 rings (SSSR count). The highest BCUT2D eigenvalue weighted by atomic mass is 19.1. The number of carbonyl (C=O) groups excluding carboxylic acids is 2. The van der Waals surface area contributed by atoms with E-state index in [1.54, 1.807) is 43.3 Å². The molecule has 0 saturated heterocycles. The number of esters is 1. The number of hydrogen-bond acceptors (Lipinski definition) is 3. The molecular formula is C18H16FNO3. The maximum Gasteiger partial charge on any atom is 0.339 e. The molecule has 118 valence electrons. The van der Waals surface area contributed by atoms with Gasteiger partial charge in [0.2, 0.25) is 0 Å². The topological polar surface area (TPSA) is 55.4 Å². The number of fused-ring (bicyclic) bond motifs is 1. The lowest BCUT2D eigenvalue weighted by atomic mass is 9.89. The van der Waals surface area contributed by atoms with Crippen molar-refractivity contribution in [1.29, 1.82) is 0 Å². The maximum absolute atomic E-state index is 13.6. The molecule has 2 aromatic rings. The Morgan fingerprint density at radius 1 is 1.22 bits per heavy atom. The molecule has 2 aromatic carbocycles. The lowest BCUT2D eigenvalue weighted by molar-refractivity contribution is -0.140. The van der Waals surface area contributed by atoms with E-state index >= 15 is 0 Å². The molecule has 1 atom stereocenters. The molecule has 4 nitrogen and oxygen atoms in total. The van der Waals surface area contributed by atoms with Crippen LogP contribution in [0.3, 0.4) is 0 Å². The minimum atomic E-state index is -1.29. The number of ether oxygens (including phenoxy) is 1. The van der Waals surface area contributed by atoms with Gasteiger partial charge in [0.15, 0.2) is 5.60 Å². The highest BCUT2D eigenvalue weighted by Crippen LogP contribution is 2.28. The summed E-state index contributed by atoms with van der Waals surface area (Å²) in [4.78, 5) is 24.5. The van der Waals surface area contributed by atoms with Crippen LogP contribution in [0.5, 0.6) is 0 Å². The predicted molar refractivity (Wildman–Crippen MR) is 82.2 cm³/mol. The fraction of sp³-hybridized carbons (Fsp3) is 0.222. The molecule has 0 fully saturated rings. The van der Waals surface area contributed by atoms with Gasteiger partial charge in [-0.05, 0) is 24.6 Å². The monoisotopic (exact) mass is 313 g/mol. The lowest BCUT2D eigenvalue weighted by Gasteiger charge is -2.33. The Morgan fingerprint density at radius 2 is 1.91 bits per heavy atom. The first-order chi connectivity index (χ1) is 11.0. The number of carbonyl (C=O) groups is 2. The van der Waals surface area contributed by atoms with Gasteiger partial charge in [-0.1, -0.05) is 36.4 Å². The molecule has 1 aliphatic heterocycles. The Morgan fingerprint density at radius 3 is 2.70 bits per heavy atom. The quantitative estimate of drug-likeness (QED) is 0.886. The molecule has 1 aliphatic rings. The van der Waals surface area contributed by atoms with Crippen molar-refractivity contribution in [3.8, 4) is 0 Å². The fourth-order valence-corrected chi connectivity index (χ4v) is 2.66. The van der Waals surface area contributed by atoms with Crippen molar-refractivity contribution in [3.63, 3.8) is 0 Å². The van der Waals surface area contributed by atoms with E-state index in [0.717, 1.165) is 5.56 Å². The Balaban J connectivity index is 1.75. The molecule has 0 saturated carbocycles. The van der Waals surface area contributed by atoms with E-state index < -0.39 is 17.5 Å². The summed E-state index contributed by atoms with van der Waals surface area (Å²) in [5.41, 5.74) is 0.336. The summed E-state index contributed by atoms with van der Waals surface area (Å²) < 4.78 is 18.9. The molecule has 0 aliphatic carbocycles. The van der Waals surface area contributed by atoms with Gasteiger partial charge in [-0.15, -0.1) is 0 Å². The summed E-state index contributed by atoms with van der Waals surface area (Å²) in [7, 11) is 0. The Hall–Kier alpha value is -2.69. The molecule has 5 heteroatoms. The van der Waals surface area contributed by atoms with Crippen LogP contribution >= 0.6 is 0 Å². The van der Waals surface area contributed by atoms with Crippen molar-refractivity contribution < 1.29 is 18.7 Å². The lowest BCUT2D eigenvalue weighted by Crippen LogP contribution is -2.51. The molecule has 0 spiro atoms. The average molecular weight is 313 g/mol. The minimum absolute atomic E-state index is 0.0420. The molecule has 1 amide bonds. The van der Waals surface area contributed by atoms with E-state index in [1.807, 2.05) is 6.07 Å². The van der Waals surface area contributed by atoms with Crippen LogP contribution in [0.4, 0.5) is 4.39 Å². The van der Waals surface area contributed by atoms with Crippen LogP contribution in [0.1, 0.15) is 28.4 Å². The van der Waals surface area contributed by atoms with Crippen LogP contribution in [0, 0.1) is 5.82 Å². The van der Waals surface area contributed by atoms with Crippen LogP contribution in [0.15, 0.2) is 48.5 Å². The number of hydrogen-bond donors (Lipinski definition) is 1. The molecule has 1 heterocycles. The third-order valence-electron chi connectivity index (χ3n) is 3.96. The van der Waals surface area contributed by atoms with E-state index in [1.165, 1.54) is 6.07 Å². The normalized spacial score (nSPS) is 19.7. The van der Waals surface area contributed by atoms with Gasteiger partial charge in [0, 0.05) is 18.5 Å². The predicted octanol–water partition coefficient (Wildman–Crippen LogP) is 2.61. The highest BCUT2D eigenvalue weighted by Gasteiger charge is 2.42. The van der Waals surface area contributed by atoms with Gasteiger partial charge in [-0.25, -0.2) is 9.18 Å². The number of cyclic esters (lactones) is 1. The Kier molecular flexibility index (Phi) is 3.86. The number of amides is 1. The zero-order chi connectivity index (χ0) is 16.4. The first kappa shape index (κ1) is 15.2. The summed E-state index contributed by atoms with van der Waals surface area (Å²) in [6.45, 7) is 1.61. The zero-order valence-electron chi connectivity index (χ0n) is 12.6. The second-order valence-electron chi connectivity index (χ2n) is 5.73. The largest absolute Gasteiger partial charge is 0.445 e. The number of nitrogens with one attached hydrogen (secondary N) is 1. The van der Waals surface area contributed by atoms with Crippen molar-refractivity contribution in [2.75, 3.05) is 0 Å². The maximum atomic E-state index is 13.6. The van der Waals surface area contributed by atoms with Gasteiger partial charge in [0.25, 0.3) is 5.91 Å². The minimum Gasteiger partial charge on any atom is -0.445 e. The van der Waals surface area contributed by atoms with Gasteiger partial charge < -0.3 is 10.1 Å². The van der Waals surface area contributed by atoms with Gasteiger partial charge in [-0.3, -0.25) is 4.79 Å². The highest BCUT2D eigenvalue weighted by molar-refractivity contribution is 5.97. The molecule has 1 N–H and O–H groups in total. The standard InChI is InChI=1S/C18H16FNO3/c1-18(10-12-6-2-4-8-14(12)16(21)23-18)17(22)20-11-13-7-3-5-9-15(13)19/h2-9H,10-11H2,1H3,(H,20,22)/t18-/m0/s1. The molecule has 0 radical (unpaired) electrons. The zero-order valence-corrected chi connectivity index (χ0v) is 12.6. The van der Waals surface area contributed by atoms with E-state index in [0.29, 0.717) is 11.1 Å². The third-order valence-corrected chi connectivity index (χ3v) is 3.96. The first-order valence-corrected chi connectivity index (χ1v) is 7.32. The second-order valence-corrected chi connectivity index (χ2v) is 5.73. The molecule has 23 heavy (non-hydrogen) atoms. The van der Waals surface area contributed by atoms with Crippen molar-refractivity contribution in [2.45, 2.75) is 25.5 Å². The van der Waals surface area contributed by atoms with Crippen LogP contribution in [-0.2, 0) is 22.5 Å². The van der Waals surface area contributed by atoms with Crippen molar-refractivity contribution in [3.05, 3.63) is 71.0 Å². The summed E-state index contributed by atoms with van der Waals surface area (Å²) in [5.74, 6) is -1.34. The van der Waals surface area contributed by atoms with Crippen LogP contribution in [0.2, 0.25) is 0 Å². The summed E-state index contributed by atoms with van der Waals surface area (Å²) in [6.07, 6.45) is 0.290. The van der Waals surface area contributed by atoms with Gasteiger partial charge >= 0.3 is 5.97 Å². The molecular weight excluding hydrogens is 297 g/mol. The molecule has 0 aromatic heterocycles. The van der Waals surface area contributed by atoms with E-state index in [9.17, 15) is 14.0 Å². The van der Waals surface area contributed by atoms with Crippen LogP contribution in [-0.4, -0.2) is 17.5 Å². The van der Waals surface area contributed by atoms with Crippen LogP contribution in [0.25, 0.3) is 0 Å². The summed E-state index contributed by atoms with van der Waals surface area (Å²) in [6, 6.07) is 13.3. The van der Waals surface area contributed by atoms with Crippen LogP contribution < -0.4 is 5.32 Å². The fourth-order valence-electron chi connectivity index (χ4n) is 2.66. The average Bonchev–Trinajstić information content (AvgIpc) is 2.53. The number of benzene rings is 2. The Labute approximate surface area is 133 Å².